The summed E-state index contributed by atoms with van der Waals surface area (Å²) >= 11 is 34.9. The van der Waals surface area contributed by atoms with Gasteiger partial charge in [0.25, 0.3) is 0 Å². The Labute approximate surface area is 169 Å². The molecule has 0 aliphatic rings. The second-order valence-electron chi connectivity index (χ2n) is 4.09. The van der Waals surface area contributed by atoms with Gasteiger partial charge in [-0.2, -0.15) is 0 Å². The monoisotopic (exact) mass is 464 g/mol. The highest BCUT2D eigenvalue weighted by Gasteiger charge is 2.37. The summed E-state index contributed by atoms with van der Waals surface area (Å²) in [5.41, 5.74) is 0. The summed E-state index contributed by atoms with van der Waals surface area (Å²) in [6, 6.07) is 3.99. The molecule has 132 valence electrons. The SMILES string of the molecule is Clc1cc(Cl)n(OB(On2nc(Cl)cc2Cl)On2nc(Cl)cc2Cl)n1. The zero-order valence-corrected chi connectivity index (χ0v) is 16.0. The summed E-state index contributed by atoms with van der Waals surface area (Å²) in [7, 11) is -1.57. The highest BCUT2D eigenvalue weighted by Crippen LogP contribution is 2.17. The lowest BCUT2D eigenvalue weighted by molar-refractivity contribution is 0.0408. The topological polar surface area (TPSA) is 81.1 Å². The van der Waals surface area contributed by atoms with Gasteiger partial charge in [0.1, 0.15) is 0 Å². The number of halogens is 6. The molecule has 16 heteroatoms. The second kappa shape index (κ2) is 7.61. The van der Waals surface area contributed by atoms with E-state index in [2.05, 4.69) is 15.3 Å². The van der Waals surface area contributed by atoms with Crippen LogP contribution in [0.3, 0.4) is 0 Å². The quantitative estimate of drug-likeness (QED) is 0.520. The van der Waals surface area contributed by atoms with Crippen LogP contribution in [0.5, 0.6) is 0 Å². The maximum Gasteiger partial charge on any atom is 0.929 e. The molecule has 3 aromatic rings. The molecule has 0 aliphatic heterocycles. The van der Waals surface area contributed by atoms with Crippen LogP contribution in [0.25, 0.3) is 0 Å². The van der Waals surface area contributed by atoms with E-state index in [0.717, 1.165) is 14.5 Å². The number of hydrogen-bond donors (Lipinski definition) is 0. The van der Waals surface area contributed by atoms with Crippen LogP contribution in [0.1, 0.15) is 0 Å². The Morgan fingerprint density at radius 3 is 1.08 bits per heavy atom. The van der Waals surface area contributed by atoms with Gasteiger partial charge in [0, 0.05) is 18.2 Å². The molecule has 0 bridgehead atoms. The van der Waals surface area contributed by atoms with E-state index in [1.165, 1.54) is 18.2 Å². The van der Waals surface area contributed by atoms with Gasteiger partial charge in [0.05, 0.1) is 0 Å². The van der Waals surface area contributed by atoms with E-state index in [0.29, 0.717) is 0 Å². The lowest BCUT2D eigenvalue weighted by atomic mass is 10.3. The standard InChI is InChI=1S/C9H3BCl6N6O3/c11-4-1-7(14)20(17-4)23-10(24-21-8(15)2-5(12)18-21)25-22-9(16)3-6(13)19-22/h1-3H. The lowest BCUT2D eigenvalue weighted by Crippen LogP contribution is -2.49. The fraction of sp³-hybridized carbons (Fsp3) is 0. The van der Waals surface area contributed by atoms with Gasteiger partial charge < -0.3 is 14.3 Å². The Hall–Kier alpha value is -1.17. The van der Waals surface area contributed by atoms with E-state index in [-0.39, 0.29) is 30.9 Å². The average Bonchev–Trinajstić information content (AvgIpc) is 3.10. The van der Waals surface area contributed by atoms with Crippen LogP contribution in [0.15, 0.2) is 18.2 Å². The van der Waals surface area contributed by atoms with Crippen LogP contribution in [-0.2, 0) is 0 Å². The molecular formula is C9H3BCl6N6O3. The van der Waals surface area contributed by atoms with Crippen molar-refractivity contribution in [2.24, 2.45) is 0 Å². The van der Waals surface area contributed by atoms with Gasteiger partial charge >= 0.3 is 7.32 Å². The summed E-state index contributed by atoms with van der Waals surface area (Å²) in [5.74, 6) is 0. The molecule has 0 saturated heterocycles. The minimum Gasteiger partial charge on any atom is -0.379 e. The predicted octanol–water partition coefficient (Wildman–Crippen LogP) is 2.87. The Bertz CT molecular complexity index is 784. The van der Waals surface area contributed by atoms with Crippen LogP contribution < -0.4 is 14.3 Å². The molecule has 0 fully saturated rings. The average molecular weight is 467 g/mol. The molecule has 0 atom stereocenters. The van der Waals surface area contributed by atoms with E-state index in [1.807, 2.05) is 0 Å². The molecule has 0 aromatic carbocycles. The van der Waals surface area contributed by atoms with Gasteiger partial charge in [0.2, 0.25) is 0 Å². The Balaban J connectivity index is 1.85. The Morgan fingerprint density at radius 1 is 0.600 bits per heavy atom. The maximum atomic E-state index is 5.91. The van der Waals surface area contributed by atoms with E-state index < -0.39 is 7.32 Å². The van der Waals surface area contributed by atoms with Gasteiger partial charge in [-0.05, 0) is 0 Å². The molecule has 3 rings (SSSR count). The lowest BCUT2D eigenvalue weighted by Gasteiger charge is -2.15. The van der Waals surface area contributed by atoms with Crippen molar-refractivity contribution in [3.8, 4) is 0 Å². The number of aromatic nitrogens is 6. The second-order valence-corrected chi connectivity index (χ2v) is 6.42. The predicted molar refractivity (Wildman–Crippen MR) is 92.2 cm³/mol. The molecule has 3 heterocycles. The Kier molecular flexibility index (Phi) is 5.66. The number of hydrogen-bond acceptors (Lipinski definition) is 6. The van der Waals surface area contributed by atoms with Crippen LogP contribution in [0, 0.1) is 0 Å². The van der Waals surface area contributed by atoms with Crippen LogP contribution >= 0.6 is 69.6 Å². The first-order valence-corrected chi connectivity index (χ1v) is 8.33. The third kappa shape index (κ3) is 4.52. The van der Waals surface area contributed by atoms with Crippen molar-refractivity contribution in [2.45, 2.75) is 0 Å². The molecule has 0 amide bonds. The molecule has 0 N–H and O–H groups in total. The normalized spacial score (nSPS) is 10.8. The van der Waals surface area contributed by atoms with E-state index in [1.54, 1.807) is 0 Å². The van der Waals surface area contributed by atoms with Crippen molar-refractivity contribution in [2.75, 3.05) is 0 Å². The van der Waals surface area contributed by atoms with Crippen molar-refractivity contribution >= 4 is 76.9 Å². The van der Waals surface area contributed by atoms with Gasteiger partial charge in [-0.3, -0.25) is 0 Å². The Morgan fingerprint density at radius 2 is 0.880 bits per heavy atom. The molecule has 25 heavy (non-hydrogen) atoms. The minimum absolute atomic E-state index is 0.0383. The summed E-state index contributed by atoms with van der Waals surface area (Å²) in [6.07, 6.45) is 0. The first-order chi connectivity index (χ1) is 11.8. The molecule has 0 unspecified atom stereocenters. The van der Waals surface area contributed by atoms with Crippen LogP contribution in [-0.4, -0.2) is 37.2 Å². The van der Waals surface area contributed by atoms with E-state index >= 15 is 0 Å². The van der Waals surface area contributed by atoms with Crippen LogP contribution in [0.4, 0.5) is 0 Å². The van der Waals surface area contributed by atoms with Gasteiger partial charge in [0.15, 0.2) is 30.9 Å². The smallest absolute Gasteiger partial charge is 0.379 e. The molecule has 0 saturated carbocycles. The molecular weight excluding hydrogens is 464 g/mol. The zero-order chi connectivity index (χ0) is 18.1. The summed E-state index contributed by atoms with van der Waals surface area (Å²) in [6.45, 7) is 0. The van der Waals surface area contributed by atoms with Gasteiger partial charge in [-0.1, -0.05) is 84.1 Å². The van der Waals surface area contributed by atoms with Crippen molar-refractivity contribution < 1.29 is 14.3 Å². The minimum atomic E-state index is -1.57. The largest absolute Gasteiger partial charge is 0.929 e. The van der Waals surface area contributed by atoms with Crippen LogP contribution in [0.2, 0.25) is 30.9 Å². The van der Waals surface area contributed by atoms with E-state index in [4.69, 9.17) is 83.9 Å². The summed E-state index contributed by atoms with van der Waals surface area (Å²) in [4.78, 5) is 2.52. The first-order valence-electron chi connectivity index (χ1n) is 6.06. The number of rotatable bonds is 6. The highest BCUT2D eigenvalue weighted by molar-refractivity contribution is 6.39. The fourth-order valence-electron chi connectivity index (χ4n) is 1.47. The van der Waals surface area contributed by atoms with Crippen molar-refractivity contribution in [1.82, 2.24) is 29.8 Å². The highest BCUT2D eigenvalue weighted by atomic mass is 35.5. The summed E-state index contributed by atoms with van der Waals surface area (Å²) in [5, 5.41) is 11.7. The van der Waals surface area contributed by atoms with Gasteiger partial charge in [-0.25, -0.2) is 0 Å². The molecule has 0 aliphatic carbocycles. The summed E-state index contributed by atoms with van der Waals surface area (Å²) < 4.78 is 16.0. The van der Waals surface area contributed by atoms with Crippen molar-refractivity contribution in [1.29, 1.82) is 0 Å². The molecule has 0 radical (unpaired) electrons. The zero-order valence-electron chi connectivity index (χ0n) is 11.5. The third-order valence-corrected chi connectivity index (χ3v) is 3.69. The number of nitrogens with zero attached hydrogens (tertiary/aromatic N) is 6. The van der Waals surface area contributed by atoms with Crippen molar-refractivity contribution in [3.05, 3.63) is 49.1 Å². The molecule has 3 aromatic heterocycles. The molecule has 0 spiro atoms. The van der Waals surface area contributed by atoms with E-state index in [9.17, 15) is 0 Å². The first kappa shape index (κ1) is 18.6. The maximum absolute atomic E-state index is 5.91. The third-order valence-electron chi connectivity index (χ3n) is 2.38. The molecule has 9 nitrogen and oxygen atoms in total. The fourth-order valence-corrected chi connectivity index (χ4v) is 2.70. The van der Waals surface area contributed by atoms with Crippen molar-refractivity contribution in [3.63, 3.8) is 0 Å². The van der Waals surface area contributed by atoms with Gasteiger partial charge in [-0.15, -0.1) is 15.3 Å².